The lowest BCUT2D eigenvalue weighted by Crippen LogP contribution is -2.27. The maximum Gasteiger partial charge on any atom is 0.340 e. The van der Waals surface area contributed by atoms with E-state index in [1.54, 1.807) is 29.2 Å². The summed E-state index contributed by atoms with van der Waals surface area (Å²) in [5.74, 6) is -1.05. The van der Waals surface area contributed by atoms with E-state index in [-0.39, 0.29) is 11.5 Å². The predicted octanol–water partition coefficient (Wildman–Crippen LogP) is 3.23. The highest BCUT2D eigenvalue weighted by atomic mass is 16.5. The van der Waals surface area contributed by atoms with Crippen LogP contribution in [-0.2, 0) is 14.3 Å². The molecule has 2 amide bonds. The fraction of sp³-hybridized carbons (Fsp3) is 0.286. The van der Waals surface area contributed by atoms with Crippen molar-refractivity contribution in [3.63, 3.8) is 0 Å². The van der Waals surface area contributed by atoms with E-state index in [4.69, 9.17) is 4.74 Å². The molecule has 1 aliphatic heterocycles. The Hall–Kier alpha value is -3.15. The summed E-state index contributed by atoms with van der Waals surface area (Å²) in [6.45, 7) is 4.07. The molecule has 140 valence electrons. The van der Waals surface area contributed by atoms with Gasteiger partial charge in [0.2, 0.25) is 5.91 Å². The SMILES string of the molecule is Cc1cc(C)cc(NC(=O)COC(=O)c2ccccc2N2CCCC2=O)c1. The molecule has 6 nitrogen and oxygen atoms in total. The molecule has 27 heavy (non-hydrogen) atoms. The van der Waals surface area contributed by atoms with Crippen molar-refractivity contribution in [2.75, 3.05) is 23.4 Å². The van der Waals surface area contributed by atoms with E-state index >= 15 is 0 Å². The number of anilines is 2. The van der Waals surface area contributed by atoms with Gasteiger partial charge in [0.25, 0.3) is 5.91 Å². The molecule has 0 bridgehead atoms. The van der Waals surface area contributed by atoms with E-state index in [0.29, 0.717) is 24.3 Å². The quantitative estimate of drug-likeness (QED) is 0.825. The van der Waals surface area contributed by atoms with Gasteiger partial charge in [-0.2, -0.15) is 0 Å². The van der Waals surface area contributed by atoms with Gasteiger partial charge in [-0.1, -0.05) is 18.2 Å². The van der Waals surface area contributed by atoms with Crippen LogP contribution in [0.3, 0.4) is 0 Å². The molecule has 6 heteroatoms. The minimum absolute atomic E-state index is 0.0113. The number of nitrogens with zero attached hydrogens (tertiary/aromatic N) is 1. The molecular weight excluding hydrogens is 344 g/mol. The average Bonchev–Trinajstić information content (AvgIpc) is 3.04. The molecule has 3 rings (SSSR count). The number of amides is 2. The molecular formula is C21H22N2O4. The van der Waals surface area contributed by atoms with Crippen molar-refractivity contribution in [2.45, 2.75) is 26.7 Å². The van der Waals surface area contributed by atoms with Crippen LogP contribution in [0.5, 0.6) is 0 Å². The van der Waals surface area contributed by atoms with Crippen LogP contribution in [0.15, 0.2) is 42.5 Å². The van der Waals surface area contributed by atoms with Crippen molar-refractivity contribution in [3.8, 4) is 0 Å². The lowest BCUT2D eigenvalue weighted by Gasteiger charge is -2.18. The van der Waals surface area contributed by atoms with Gasteiger partial charge in [0.1, 0.15) is 0 Å². The van der Waals surface area contributed by atoms with Crippen molar-refractivity contribution in [3.05, 3.63) is 59.2 Å². The summed E-state index contributed by atoms with van der Waals surface area (Å²) in [5, 5.41) is 2.73. The molecule has 1 fully saturated rings. The molecule has 0 radical (unpaired) electrons. The van der Waals surface area contributed by atoms with Crippen molar-refractivity contribution < 1.29 is 19.1 Å². The van der Waals surface area contributed by atoms with Gasteiger partial charge in [0.05, 0.1) is 11.3 Å². The van der Waals surface area contributed by atoms with Gasteiger partial charge in [-0.15, -0.1) is 0 Å². The Morgan fingerprint density at radius 1 is 1.11 bits per heavy atom. The molecule has 2 aromatic rings. The van der Waals surface area contributed by atoms with Crippen LogP contribution in [0, 0.1) is 13.8 Å². The summed E-state index contributed by atoms with van der Waals surface area (Å²) in [6, 6.07) is 12.5. The van der Waals surface area contributed by atoms with Crippen molar-refractivity contribution in [1.82, 2.24) is 0 Å². The summed E-state index contributed by atoms with van der Waals surface area (Å²) in [5.41, 5.74) is 3.54. The number of aryl methyl sites for hydroxylation is 2. The lowest BCUT2D eigenvalue weighted by atomic mass is 10.1. The van der Waals surface area contributed by atoms with E-state index < -0.39 is 18.5 Å². The highest BCUT2D eigenvalue weighted by molar-refractivity contribution is 6.04. The second-order valence-corrected chi connectivity index (χ2v) is 6.67. The third-order valence-electron chi connectivity index (χ3n) is 4.33. The molecule has 2 aromatic carbocycles. The summed E-state index contributed by atoms with van der Waals surface area (Å²) < 4.78 is 5.17. The summed E-state index contributed by atoms with van der Waals surface area (Å²) in [6.07, 6.45) is 1.24. The average molecular weight is 366 g/mol. The van der Waals surface area contributed by atoms with Gasteiger partial charge in [0, 0.05) is 18.7 Å². The van der Waals surface area contributed by atoms with Gasteiger partial charge in [-0.05, 0) is 55.7 Å². The molecule has 0 aliphatic carbocycles. The number of para-hydroxylation sites is 1. The summed E-state index contributed by atoms with van der Waals surface area (Å²) in [4.78, 5) is 38.1. The molecule has 1 saturated heterocycles. The third kappa shape index (κ3) is 4.53. The van der Waals surface area contributed by atoms with Crippen LogP contribution in [0.4, 0.5) is 11.4 Å². The molecule has 0 spiro atoms. The Labute approximate surface area is 158 Å². The zero-order valence-corrected chi connectivity index (χ0v) is 15.5. The Balaban J connectivity index is 1.64. The smallest absolute Gasteiger partial charge is 0.340 e. The fourth-order valence-corrected chi connectivity index (χ4v) is 3.24. The standard InChI is InChI=1S/C21H22N2O4/c1-14-10-15(2)12-16(11-14)22-19(24)13-27-21(26)17-6-3-4-7-18(17)23-9-5-8-20(23)25/h3-4,6-7,10-12H,5,8-9,13H2,1-2H3,(H,22,24). The van der Waals surface area contributed by atoms with Crippen LogP contribution >= 0.6 is 0 Å². The number of hydrogen-bond donors (Lipinski definition) is 1. The second kappa shape index (κ2) is 8.03. The highest BCUT2D eigenvalue weighted by Crippen LogP contribution is 2.26. The first-order valence-electron chi connectivity index (χ1n) is 8.89. The van der Waals surface area contributed by atoms with Crippen LogP contribution in [0.1, 0.15) is 34.3 Å². The number of nitrogens with one attached hydrogen (secondary N) is 1. The molecule has 0 aromatic heterocycles. The molecule has 1 N–H and O–H groups in total. The number of carbonyl (C=O) groups excluding carboxylic acids is 3. The van der Waals surface area contributed by atoms with E-state index in [2.05, 4.69) is 5.32 Å². The topological polar surface area (TPSA) is 75.7 Å². The van der Waals surface area contributed by atoms with Crippen LogP contribution < -0.4 is 10.2 Å². The first kappa shape index (κ1) is 18.6. The van der Waals surface area contributed by atoms with Gasteiger partial charge in [-0.3, -0.25) is 9.59 Å². The predicted molar refractivity (Wildman–Crippen MR) is 103 cm³/mol. The van der Waals surface area contributed by atoms with E-state index in [9.17, 15) is 14.4 Å². The molecule has 0 unspecified atom stereocenters. The van der Waals surface area contributed by atoms with E-state index in [1.165, 1.54) is 0 Å². The highest BCUT2D eigenvalue weighted by Gasteiger charge is 2.26. The number of benzene rings is 2. The van der Waals surface area contributed by atoms with Gasteiger partial charge in [-0.25, -0.2) is 4.79 Å². The van der Waals surface area contributed by atoms with Crippen molar-refractivity contribution >= 4 is 29.2 Å². The minimum Gasteiger partial charge on any atom is -0.452 e. The van der Waals surface area contributed by atoms with Crippen LogP contribution in [0.25, 0.3) is 0 Å². The molecule has 1 heterocycles. The first-order chi connectivity index (χ1) is 12.9. The number of carbonyl (C=O) groups is 3. The van der Waals surface area contributed by atoms with Gasteiger partial charge < -0.3 is 15.0 Å². The molecule has 0 saturated carbocycles. The number of rotatable bonds is 5. The zero-order chi connectivity index (χ0) is 19.4. The second-order valence-electron chi connectivity index (χ2n) is 6.67. The minimum atomic E-state index is -0.624. The molecule has 1 aliphatic rings. The monoisotopic (exact) mass is 366 g/mol. The third-order valence-corrected chi connectivity index (χ3v) is 4.33. The van der Waals surface area contributed by atoms with Gasteiger partial charge in [0.15, 0.2) is 6.61 Å². The summed E-state index contributed by atoms with van der Waals surface area (Å²) in [7, 11) is 0. The number of hydrogen-bond acceptors (Lipinski definition) is 4. The van der Waals surface area contributed by atoms with E-state index in [0.717, 1.165) is 17.5 Å². The number of esters is 1. The Morgan fingerprint density at radius 3 is 2.48 bits per heavy atom. The lowest BCUT2D eigenvalue weighted by molar-refractivity contribution is -0.119. The van der Waals surface area contributed by atoms with Crippen LogP contribution in [0.2, 0.25) is 0 Å². The van der Waals surface area contributed by atoms with E-state index in [1.807, 2.05) is 32.0 Å². The van der Waals surface area contributed by atoms with Gasteiger partial charge >= 0.3 is 5.97 Å². The zero-order valence-electron chi connectivity index (χ0n) is 15.5. The maximum absolute atomic E-state index is 12.5. The first-order valence-corrected chi connectivity index (χ1v) is 8.89. The normalized spacial score (nSPS) is 13.6. The summed E-state index contributed by atoms with van der Waals surface area (Å²) >= 11 is 0. The van der Waals surface area contributed by atoms with Crippen LogP contribution in [-0.4, -0.2) is 30.9 Å². The Bertz CT molecular complexity index is 871. The molecule has 0 atom stereocenters. The Kier molecular flexibility index (Phi) is 5.54. The maximum atomic E-state index is 12.5. The fourth-order valence-electron chi connectivity index (χ4n) is 3.24. The van der Waals surface area contributed by atoms with Crippen molar-refractivity contribution in [1.29, 1.82) is 0 Å². The number of ether oxygens (including phenoxy) is 1. The Morgan fingerprint density at radius 2 is 1.81 bits per heavy atom. The van der Waals surface area contributed by atoms with Crippen molar-refractivity contribution in [2.24, 2.45) is 0 Å². The largest absolute Gasteiger partial charge is 0.452 e.